The van der Waals surface area contributed by atoms with Gasteiger partial charge >= 0.3 is 0 Å². The van der Waals surface area contributed by atoms with E-state index in [1.54, 1.807) is 38.4 Å². The summed E-state index contributed by atoms with van der Waals surface area (Å²) >= 11 is 6.21. The number of anilines is 1. The summed E-state index contributed by atoms with van der Waals surface area (Å²) in [6, 6.07) is 12.4. The zero-order chi connectivity index (χ0) is 25.3. The summed E-state index contributed by atoms with van der Waals surface area (Å²) in [5, 5.41) is 13.2. The van der Waals surface area contributed by atoms with Crippen molar-refractivity contribution in [3.63, 3.8) is 0 Å². The second-order valence-electron chi connectivity index (χ2n) is 7.96. The zero-order valence-corrected chi connectivity index (χ0v) is 20.0. The van der Waals surface area contributed by atoms with Crippen molar-refractivity contribution >= 4 is 29.0 Å². The fourth-order valence-corrected chi connectivity index (χ4v) is 4.29. The molecule has 0 atom stereocenters. The maximum Gasteiger partial charge on any atom is 0.254 e. The minimum Gasteiger partial charge on any atom is -0.497 e. The second kappa shape index (κ2) is 9.65. The number of amides is 1. The van der Waals surface area contributed by atoms with E-state index in [0.29, 0.717) is 22.6 Å². The Balaban J connectivity index is 1.85. The van der Waals surface area contributed by atoms with Crippen LogP contribution in [0.3, 0.4) is 0 Å². The zero-order valence-electron chi connectivity index (χ0n) is 19.2. The molecule has 1 aliphatic rings. The average Bonchev–Trinajstić information content (AvgIpc) is 3.15. The summed E-state index contributed by atoms with van der Waals surface area (Å²) in [4.78, 5) is 27.8. The molecule has 1 N–H and O–H groups in total. The number of fused-ring (bicyclic) bond motifs is 1. The topological polar surface area (TPSA) is 91.7 Å². The first-order valence-electron chi connectivity index (χ1n) is 10.6. The molecule has 0 saturated carbocycles. The van der Waals surface area contributed by atoms with Crippen molar-refractivity contribution in [1.29, 1.82) is 5.26 Å². The van der Waals surface area contributed by atoms with E-state index in [9.17, 15) is 19.2 Å². The largest absolute Gasteiger partial charge is 0.497 e. The number of benzene rings is 3. The van der Waals surface area contributed by atoms with E-state index in [2.05, 4.69) is 11.4 Å². The highest BCUT2D eigenvalue weighted by atomic mass is 35.5. The molecule has 1 amide bonds. The van der Waals surface area contributed by atoms with Crippen LogP contribution in [0.5, 0.6) is 11.5 Å². The van der Waals surface area contributed by atoms with Gasteiger partial charge in [0.05, 0.1) is 30.4 Å². The molecule has 4 rings (SSSR count). The average molecular weight is 494 g/mol. The van der Waals surface area contributed by atoms with Crippen LogP contribution in [0.4, 0.5) is 10.1 Å². The minimum atomic E-state index is -0.634. The number of hydrogen-bond acceptors (Lipinski definition) is 6. The number of carbonyl (C=O) groups is 2. The van der Waals surface area contributed by atoms with Crippen LogP contribution in [-0.2, 0) is 13.1 Å². The lowest BCUT2D eigenvalue weighted by Crippen LogP contribution is -2.17. The molecule has 0 spiro atoms. The van der Waals surface area contributed by atoms with Crippen molar-refractivity contribution in [1.82, 2.24) is 4.90 Å². The highest BCUT2D eigenvalue weighted by Crippen LogP contribution is 2.36. The quantitative estimate of drug-likeness (QED) is 0.475. The van der Waals surface area contributed by atoms with E-state index in [0.717, 1.165) is 17.7 Å². The molecular weight excluding hydrogens is 473 g/mol. The Morgan fingerprint density at radius 1 is 1.20 bits per heavy atom. The van der Waals surface area contributed by atoms with Crippen molar-refractivity contribution < 1.29 is 23.5 Å². The Hall–Kier alpha value is -4.09. The van der Waals surface area contributed by atoms with Crippen LogP contribution in [0.2, 0.25) is 5.02 Å². The first-order valence-corrected chi connectivity index (χ1v) is 11.0. The molecule has 0 fully saturated rings. The predicted molar refractivity (Wildman–Crippen MR) is 129 cm³/mol. The molecule has 7 nitrogen and oxygen atoms in total. The number of hydrogen-bond donors (Lipinski definition) is 1. The molecule has 9 heteroatoms. The molecule has 3 aromatic carbocycles. The monoisotopic (exact) mass is 493 g/mol. The summed E-state index contributed by atoms with van der Waals surface area (Å²) in [5.41, 5.74) is 1.78. The first-order chi connectivity index (χ1) is 16.8. The van der Waals surface area contributed by atoms with E-state index in [4.69, 9.17) is 21.1 Å². The SMILES string of the molecule is COc1ccc(CNc2cc3c(c(C#N)c2C(=O)c2cc(F)ccc2Cl)CN(C)C3=O)c(OC)c1. The van der Waals surface area contributed by atoms with Gasteiger partial charge in [0.15, 0.2) is 5.78 Å². The minimum absolute atomic E-state index is 0.0225. The summed E-state index contributed by atoms with van der Waals surface area (Å²) in [6.45, 7) is 0.388. The second-order valence-corrected chi connectivity index (χ2v) is 8.37. The maximum atomic E-state index is 14.0. The molecule has 0 unspecified atom stereocenters. The number of ketones is 1. The van der Waals surface area contributed by atoms with Gasteiger partial charge in [-0.05, 0) is 36.4 Å². The van der Waals surface area contributed by atoms with Crippen LogP contribution in [0.25, 0.3) is 0 Å². The smallest absolute Gasteiger partial charge is 0.254 e. The Bertz CT molecular complexity index is 1400. The Labute approximate surface area is 206 Å². The Kier molecular flexibility index (Phi) is 6.63. The first kappa shape index (κ1) is 24.0. The van der Waals surface area contributed by atoms with Crippen LogP contribution in [-0.4, -0.2) is 37.9 Å². The van der Waals surface area contributed by atoms with Gasteiger partial charge in [0.25, 0.3) is 5.91 Å². The molecule has 1 heterocycles. The third-order valence-electron chi connectivity index (χ3n) is 5.88. The highest BCUT2D eigenvalue weighted by molar-refractivity contribution is 6.35. The number of rotatable bonds is 7. The van der Waals surface area contributed by atoms with Gasteiger partial charge in [-0.3, -0.25) is 9.59 Å². The van der Waals surface area contributed by atoms with Crippen molar-refractivity contribution in [3.05, 3.63) is 86.7 Å². The van der Waals surface area contributed by atoms with Gasteiger partial charge in [-0.1, -0.05) is 11.6 Å². The van der Waals surface area contributed by atoms with Gasteiger partial charge < -0.3 is 19.7 Å². The van der Waals surface area contributed by atoms with Crippen LogP contribution in [0.15, 0.2) is 42.5 Å². The molecule has 0 aromatic heterocycles. The van der Waals surface area contributed by atoms with Crippen molar-refractivity contribution in [2.75, 3.05) is 26.6 Å². The third kappa shape index (κ3) is 4.38. The van der Waals surface area contributed by atoms with Gasteiger partial charge in [-0.25, -0.2) is 4.39 Å². The number of nitrogens with one attached hydrogen (secondary N) is 1. The van der Waals surface area contributed by atoms with Crippen molar-refractivity contribution in [2.24, 2.45) is 0 Å². The Morgan fingerprint density at radius 3 is 2.66 bits per heavy atom. The maximum absolute atomic E-state index is 14.0. The van der Waals surface area contributed by atoms with E-state index < -0.39 is 11.6 Å². The van der Waals surface area contributed by atoms with Crippen LogP contribution < -0.4 is 14.8 Å². The number of carbonyl (C=O) groups excluding carboxylic acids is 2. The normalized spacial score (nSPS) is 12.2. The van der Waals surface area contributed by atoms with E-state index in [1.807, 2.05) is 0 Å². The molecule has 0 aliphatic carbocycles. The van der Waals surface area contributed by atoms with Crippen LogP contribution >= 0.6 is 11.6 Å². The molecule has 0 bridgehead atoms. The molecule has 35 heavy (non-hydrogen) atoms. The number of nitrogens with zero attached hydrogens (tertiary/aromatic N) is 2. The van der Waals surface area contributed by atoms with Crippen molar-refractivity contribution in [2.45, 2.75) is 13.1 Å². The lowest BCUT2D eigenvalue weighted by Gasteiger charge is -2.17. The fraction of sp³-hybridized carbons (Fsp3) is 0.192. The van der Waals surface area contributed by atoms with Gasteiger partial charge in [0, 0.05) is 54.1 Å². The fourth-order valence-electron chi connectivity index (χ4n) is 4.09. The number of ether oxygens (including phenoxy) is 2. The molecule has 178 valence electrons. The number of halogens is 2. The summed E-state index contributed by atoms with van der Waals surface area (Å²) in [7, 11) is 4.69. The van der Waals surface area contributed by atoms with E-state index >= 15 is 0 Å². The molecule has 0 radical (unpaired) electrons. The predicted octanol–water partition coefficient (Wildman–Crippen LogP) is 4.80. The number of nitriles is 1. The van der Waals surface area contributed by atoms with Gasteiger partial charge in [-0.15, -0.1) is 0 Å². The summed E-state index contributed by atoms with van der Waals surface area (Å²) in [6.07, 6.45) is 0. The molecule has 1 aliphatic heterocycles. The van der Waals surface area contributed by atoms with Crippen molar-refractivity contribution in [3.8, 4) is 17.6 Å². The van der Waals surface area contributed by atoms with Gasteiger partial charge in [-0.2, -0.15) is 5.26 Å². The van der Waals surface area contributed by atoms with Gasteiger partial charge in [0.1, 0.15) is 23.4 Å². The summed E-state index contributed by atoms with van der Waals surface area (Å²) < 4.78 is 24.7. The molecule has 3 aromatic rings. The van der Waals surface area contributed by atoms with Crippen LogP contribution in [0.1, 0.15) is 43.0 Å². The Morgan fingerprint density at radius 2 is 1.97 bits per heavy atom. The lowest BCUT2D eigenvalue weighted by molar-refractivity contribution is 0.0816. The van der Waals surface area contributed by atoms with E-state index in [-0.39, 0.29) is 46.4 Å². The standard InChI is InChI=1S/C26H21ClFN3O4/c1-31-13-20-17(26(31)33)10-22(30-12-14-4-6-16(34-2)9-23(14)35-3)24(19(20)11-29)25(32)18-8-15(28)5-7-21(18)27/h4-10,30H,12-13H2,1-3H3. The third-order valence-corrected chi connectivity index (χ3v) is 6.21. The lowest BCUT2D eigenvalue weighted by atomic mass is 9.91. The van der Waals surface area contributed by atoms with Crippen LogP contribution in [0, 0.1) is 17.1 Å². The van der Waals surface area contributed by atoms with E-state index in [1.165, 1.54) is 18.1 Å². The van der Waals surface area contributed by atoms with Gasteiger partial charge in [0.2, 0.25) is 0 Å². The number of methoxy groups -OCH3 is 2. The summed E-state index contributed by atoms with van der Waals surface area (Å²) in [5.74, 6) is -0.357. The molecule has 0 saturated heterocycles. The highest BCUT2D eigenvalue weighted by Gasteiger charge is 2.33. The molecular formula is C26H21ClFN3O4.